The SMILES string of the molecule is CCOC(=O)c1sc(N2C(=O)C(=O)C(=C(O)c3ccncc3)C2c2ccc(O)c(OC)c2)nc1C. The maximum atomic E-state index is 13.3. The van der Waals surface area contributed by atoms with E-state index in [4.69, 9.17) is 9.47 Å². The van der Waals surface area contributed by atoms with Crippen LogP contribution in [-0.2, 0) is 14.3 Å². The molecule has 11 heteroatoms. The van der Waals surface area contributed by atoms with Gasteiger partial charge in [-0.2, -0.15) is 0 Å². The Morgan fingerprint density at radius 3 is 2.57 bits per heavy atom. The number of benzene rings is 1. The second-order valence-corrected chi connectivity index (χ2v) is 8.45. The van der Waals surface area contributed by atoms with Gasteiger partial charge < -0.3 is 19.7 Å². The smallest absolute Gasteiger partial charge is 0.350 e. The van der Waals surface area contributed by atoms with E-state index in [0.717, 1.165) is 16.2 Å². The van der Waals surface area contributed by atoms with E-state index in [1.54, 1.807) is 13.8 Å². The van der Waals surface area contributed by atoms with Crippen LogP contribution in [0.5, 0.6) is 11.5 Å². The number of aromatic hydroxyl groups is 1. The summed E-state index contributed by atoms with van der Waals surface area (Å²) in [4.78, 5) is 48.4. The molecule has 0 spiro atoms. The second kappa shape index (κ2) is 9.55. The Kier molecular flexibility index (Phi) is 6.52. The molecule has 0 radical (unpaired) electrons. The lowest BCUT2D eigenvalue weighted by Gasteiger charge is -2.23. The Morgan fingerprint density at radius 1 is 1.20 bits per heavy atom. The fourth-order valence-corrected chi connectivity index (χ4v) is 4.73. The third-order valence-electron chi connectivity index (χ3n) is 5.37. The van der Waals surface area contributed by atoms with Crippen molar-refractivity contribution < 1.29 is 34.1 Å². The minimum atomic E-state index is -1.11. The van der Waals surface area contributed by atoms with Gasteiger partial charge in [0.05, 0.1) is 31.0 Å². The van der Waals surface area contributed by atoms with Crippen molar-refractivity contribution in [3.63, 3.8) is 0 Å². The number of anilines is 1. The van der Waals surface area contributed by atoms with Gasteiger partial charge in [0.25, 0.3) is 5.78 Å². The molecule has 1 saturated heterocycles. The first-order chi connectivity index (χ1) is 16.8. The van der Waals surface area contributed by atoms with Gasteiger partial charge in [0.1, 0.15) is 10.6 Å². The third kappa shape index (κ3) is 4.21. The first-order valence-corrected chi connectivity index (χ1v) is 11.3. The molecule has 0 saturated carbocycles. The van der Waals surface area contributed by atoms with Crippen molar-refractivity contribution in [3.8, 4) is 11.5 Å². The molecule has 1 amide bonds. The number of pyridine rings is 1. The maximum Gasteiger partial charge on any atom is 0.350 e. The molecule has 0 aliphatic carbocycles. The van der Waals surface area contributed by atoms with Crippen molar-refractivity contribution in [2.45, 2.75) is 19.9 Å². The molecule has 1 fully saturated rings. The Hall–Kier alpha value is -4.25. The number of phenols is 1. The number of esters is 1. The number of nitrogens with zero attached hydrogens (tertiary/aromatic N) is 3. The highest BCUT2D eigenvalue weighted by Gasteiger charge is 2.48. The van der Waals surface area contributed by atoms with Crippen molar-refractivity contribution in [3.05, 3.63) is 70.0 Å². The van der Waals surface area contributed by atoms with E-state index in [2.05, 4.69) is 9.97 Å². The van der Waals surface area contributed by atoms with Crippen molar-refractivity contribution in [2.24, 2.45) is 0 Å². The Morgan fingerprint density at radius 2 is 1.91 bits per heavy atom. The summed E-state index contributed by atoms with van der Waals surface area (Å²) in [6.45, 7) is 3.43. The van der Waals surface area contributed by atoms with Crippen LogP contribution in [0.15, 0.2) is 48.3 Å². The van der Waals surface area contributed by atoms with E-state index in [9.17, 15) is 24.6 Å². The van der Waals surface area contributed by atoms with Crippen molar-refractivity contribution in [2.75, 3.05) is 18.6 Å². The highest BCUT2D eigenvalue weighted by atomic mass is 32.1. The minimum Gasteiger partial charge on any atom is -0.507 e. The highest BCUT2D eigenvalue weighted by molar-refractivity contribution is 7.17. The summed E-state index contributed by atoms with van der Waals surface area (Å²) in [5, 5.41) is 21.2. The van der Waals surface area contributed by atoms with Gasteiger partial charge in [-0.1, -0.05) is 17.4 Å². The van der Waals surface area contributed by atoms with Crippen LogP contribution in [0.4, 0.5) is 5.13 Å². The number of hydrogen-bond donors (Lipinski definition) is 2. The normalized spacial score (nSPS) is 17.0. The van der Waals surface area contributed by atoms with Crippen molar-refractivity contribution in [1.29, 1.82) is 0 Å². The van der Waals surface area contributed by atoms with Crippen LogP contribution >= 0.6 is 11.3 Å². The molecule has 1 aliphatic rings. The molecule has 180 valence electrons. The van der Waals surface area contributed by atoms with Crippen LogP contribution in [0.1, 0.15) is 39.5 Å². The topological polar surface area (TPSA) is 139 Å². The number of ether oxygens (including phenoxy) is 2. The van der Waals surface area contributed by atoms with Crippen LogP contribution in [0, 0.1) is 6.92 Å². The molecule has 1 aliphatic heterocycles. The Labute approximate surface area is 204 Å². The molecule has 1 atom stereocenters. The van der Waals surface area contributed by atoms with Gasteiger partial charge in [0.15, 0.2) is 16.6 Å². The molecule has 3 heterocycles. The quantitative estimate of drug-likeness (QED) is 0.228. The van der Waals surface area contributed by atoms with E-state index in [1.807, 2.05) is 0 Å². The van der Waals surface area contributed by atoms with Gasteiger partial charge in [-0.25, -0.2) is 9.78 Å². The summed E-state index contributed by atoms with van der Waals surface area (Å²) in [5.74, 6) is -2.88. The number of aliphatic hydroxyl groups excluding tert-OH is 1. The van der Waals surface area contributed by atoms with Gasteiger partial charge in [0.2, 0.25) is 0 Å². The lowest BCUT2D eigenvalue weighted by Crippen LogP contribution is -2.29. The number of hydrogen-bond acceptors (Lipinski definition) is 10. The number of Topliss-reactive ketones (excluding diaryl/α,β-unsaturated/α-hetero) is 1. The van der Waals surface area contributed by atoms with E-state index >= 15 is 0 Å². The lowest BCUT2D eigenvalue weighted by molar-refractivity contribution is -0.132. The minimum absolute atomic E-state index is 0.0819. The van der Waals surface area contributed by atoms with E-state index in [0.29, 0.717) is 11.3 Å². The molecule has 0 bridgehead atoms. The van der Waals surface area contributed by atoms with Gasteiger partial charge in [0, 0.05) is 18.0 Å². The van der Waals surface area contributed by atoms with Crippen LogP contribution in [-0.4, -0.2) is 51.6 Å². The molecule has 35 heavy (non-hydrogen) atoms. The van der Waals surface area contributed by atoms with Gasteiger partial charge in [-0.3, -0.25) is 19.5 Å². The number of rotatable bonds is 6. The number of amides is 1. The number of aryl methyl sites for hydroxylation is 1. The van der Waals surface area contributed by atoms with Crippen molar-refractivity contribution in [1.82, 2.24) is 9.97 Å². The fraction of sp³-hybridized carbons (Fsp3) is 0.208. The summed E-state index contributed by atoms with van der Waals surface area (Å²) >= 11 is 0.904. The van der Waals surface area contributed by atoms with Gasteiger partial charge in [-0.15, -0.1) is 0 Å². The summed E-state index contributed by atoms with van der Waals surface area (Å²) < 4.78 is 10.3. The summed E-state index contributed by atoms with van der Waals surface area (Å²) in [6.07, 6.45) is 2.89. The Bertz CT molecular complexity index is 1350. The predicted octanol–water partition coefficient (Wildman–Crippen LogP) is 3.36. The molecule has 2 N–H and O–H groups in total. The first kappa shape index (κ1) is 23.9. The monoisotopic (exact) mass is 495 g/mol. The Balaban J connectivity index is 1.94. The molecular formula is C24H21N3O7S. The van der Waals surface area contributed by atoms with Gasteiger partial charge >= 0.3 is 11.9 Å². The number of phenolic OH excluding ortho intramolecular Hbond substituents is 1. The van der Waals surface area contributed by atoms with Crippen LogP contribution < -0.4 is 9.64 Å². The number of ketones is 1. The number of carbonyl (C=O) groups excluding carboxylic acids is 3. The largest absolute Gasteiger partial charge is 0.507 e. The predicted molar refractivity (Wildman–Crippen MR) is 126 cm³/mol. The number of aliphatic hydroxyl groups is 1. The number of methoxy groups -OCH3 is 1. The molecule has 10 nitrogen and oxygen atoms in total. The molecular weight excluding hydrogens is 474 g/mol. The average molecular weight is 496 g/mol. The summed E-state index contributed by atoms with van der Waals surface area (Å²) in [7, 11) is 1.36. The zero-order chi connectivity index (χ0) is 25.3. The standard InChI is InChI=1S/C24H21N3O7S/c1-4-34-23(32)21-12(2)26-24(35-21)27-18(14-5-6-15(28)16(11-14)33-3)17(20(30)22(27)31)19(29)13-7-9-25-10-8-13/h5-11,18,28-29H,4H2,1-3H3. The molecule has 1 unspecified atom stereocenters. The molecule has 4 rings (SSSR count). The van der Waals surface area contributed by atoms with E-state index in [1.165, 1.54) is 49.8 Å². The zero-order valence-electron chi connectivity index (χ0n) is 19.0. The van der Waals surface area contributed by atoms with Crippen molar-refractivity contribution >= 4 is 39.9 Å². The summed E-state index contributed by atoms with van der Waals surface area (Å²) in [5.41, 5.74) is 0.817. The maximum absolute atomic E-state index is 13.3. The van der Waals surface area contributed by atoms with Crippen LogP contribution in [0.3, 0.4) is 0 Å². The first-order valence-electron chi connectivity index (χ1n) is 10.5. The molecule has 3 aromatic rings. The van der Waals surface area contributed by atoms with Crippen LogP contribution in [0.2, 0.25) is 0 Å². The second-order valence-electron chi connectivity index (χ2n) is 7.47. The number of carbonyl (C=O) groups is 3. The number of aromatic nitrogens is 2. The average Bonchev–Trinajstić information content (AvgIpc) is 3.36. The highest BCUT2D eigenvalue weighted by Crippen LogP contribution is 2.45. The summed E-state index contributed by atoms with van der Waals surface area (Å²) in [6, 6.07) is 6.23. The fourth-order valence-electron chi connectivity index (χ4n) is 3.75. The lowest BCUT2D eigenvalue weighted by atomic mass is 9.95. The number of thiazole rings is 1. The van der Waals surface area contributed by atoms with E-state index in [-0.39, 0.29) is 39.3 Å². The van der Waals surface area contributed by atoms with Gasteiger partial charge in [-0.05, 0) is 43.7 Å². The molecule has 2 aromatic heterocycles. The third-order valence-corrected chi connectivity index (χ3v) is 6.51. The van der Waals surface area contributed by atoms with Crippen LogP contribution in [0.25, 0.3) is 5.76 Å². The van der Waals surface area contributed by atoms with E-state index < -0.39 is 29.5 Å². The molecule has 1 aromatic carbocycles. The zero-order valence-corrected chi connectivity index (χ0v) is 19.8.